The minimum atomic E-state index is 0.712. The molecule has 0 saturated carbocycles. The number of rotatable bonds is 6. The number of nitrogens with one attached hydrogen (secondary N) is 2. The molecule has 1 heterocycles. The Labute approximate surface area is 140 Å². The highest BCUT2D eigenvalue weighted by Gasteiger charge is 2.13. The smallest absolute Gasteiger partial charge is 0.191 e. The van der Waals surface area contributed by atoms with Crippen molar-refractivity contribution in [1.29, 1.82) is 0 Å². The first-order chi connectivity index (χ1) is 11.2. The van der Waals surface area contributed by atoms with Crippen molar-refractivity contribution in [2.24, 2.45) is 4.99 Å². The first kappa shape index (κ1) is 17.5. The Morgan fingerprint density at radius 3 is 2.39 bits per heavy atom. The molecule has 0 atom stereocenters. The summed E-state index contributed by atoms with van der Waals surface area (Å²) in [4.78, 5) is 9.09. The molecule has 0 amide bonds. The minimum Gasteiger partial charge on any atom is -0.353 e. The zero-order chi connectivity index (χ0) is 16.5. The van der Waals surface area contributed by atoms with Crippen LogP contribution in [0.1, 0.15) is 11.1 Å². The first-order valence-electron chi connectivity index (χ1n) is 8.25. The highest BCUT2D eigenvalue weighted by atomic mass is 15.2. The van der Waals surface area contributed by atoms with Gasteiger partial charge in [-0.15, -0.1) is 6.58 Å². The molecular formula is C18H29N5. The third-order valence-electron chi connectivity index (χ3n) is 4.12. The summed E-state index contributed by atoms with van der Waals surface area (Å²) in [6.07, 6.45) is 1.82. The van der Waals surface area contributed by atoms with E-state index < -0.39 is 0 Å². The van der Waals surface area contributed by atoms with Gasteiger partial charge in [0, 0.05) is 52.9 Å². The molecule has 1 saturated heterocycles. The molecule has 2 rings (SSSR count). The van der Waals surface area contributed by atoms with E-state index >= 15 is 0 Å². The second-order valence-corrected chi connectivity index (χ2v) is 5.99. The van der Waals surface area contributed by atoms with Crippen LogP contribution in [0.15, 0.2) is 41.9 Å². The summed E-state index contributed by atoms with van der Waals surface area (Å²) in [6, 6.07) is 8.85. The van der Waals surface area contributed by atoms with Crippen LogP contribution in [0.2, 0.25) is 0 Å². The molecule has 5 heteroatoms. The standard InChI is InChI=1S/C18H29N5/c1-4-9-20-18(19-2)21-14-16-5-7-17(8-6-16)15-23-12-10-22(3)11-13-23/h4-8H,1,9-15H2,2-3H3,(H2,19,20,21). The van der Waals surface area contributed by atoms with Crippen LogP contribution in [-0.4, -0.2) is 62.6 Å². The van der Waals surface area contributed by atoms with E-state index in [1.165, 1.54) is 24.2 Å². The van der Waals surface area contributed by atoms with Crippen molar-refractivity contribution in [2.75, 3.05) is 46.8 Å². The number of likely N-dealkylation sites (N-methyl/N-ethyl adjacent to an activating group) is 1. The molecule has 0 bridgehead atoms. The van der Waals surface area contributed by atoms with Gasteiger partial charge in [-0.1, -0.05) is 30.3 Å². The van der Waals surface area contributed by atoms with Crippen LogP contribution in [0.25, 0.3) is 0 Å². The Morgan fingerprint density at radius 1 is 1.13 bits per heavy atom. The first-order valence-corrected chi connectivity index (χ1v) is 8.25. The summed E-state index contributed by atoms with van der Waals surface area (Å²) >= 11 is 0. The number of hydrogen-bond donors (Lipinski definition) is 2. The molecule has 5 nitrogen and oxygen atoms in total. The molecule has 126 valence electrons. The second kappa shape index (κ2) is 9.33. The van der Waals surface area contributed by atoms with E-state index in [2.05, 4.69) is 63.3 Å². The van der Waals surface area contributed by atoms with Gasteiger partial charge in [-0.3, -0.25) is 9.89 Å². The van der Waals surface area contributed by atoms with Crippen molar-refractivity contribution < 1.29 is 0 Å². The van der Waals surface area contributed by atoms with E-state index in [0.717, 1.165) is 32.1 Å². The molecule has 1 fully saturated rings. The summed E-state index contributed by atoms with van der Waals surface area (Å²) in [6.45, 7) is 10.9. The van der Waals surface area contributed by atoms with Crippen LogP contribution in [0.3, 0.4) is 0 Å². The van der Waals surface area contributed by atoms with Gasteiger partial charge in [0.05, 0.1) is 0 Å². The van der Waals surface area contributed by atoms with E-state index in [1.807, 2.05) is 6.08 Å². The van der Waals surface area contributed by atoms with Gasteiger partial charge in [0.15, 0.2) is 5.96 Å². The summed E-state index contributed by atoms with van der Waals surface area (Å²) in [5.41, 5.74) is 2.64. The van der Waals surface area contributed by atoms with Gasteiger partial charge in [-0.05, 0) is 18.2 Å². The van der Waals surface area contributed by atoms with Crippen LogP contribution in [0.4, 0.5) is 0 Å². The normalized spacial score (nSPS) is 17.0. The lowest BCUT2D eigenvalue weighted by Gasteiger charge is -2.32. The van der Waals surface area contributed by atoms with Crippen LogP contribution >= 0.6 is 0 Å². The molecule has 0 radical (unpaired) electrons. The topological polar surface area (TPSA) is 42.9 Å². The predicted octanol–water partition coefficient (Wildman–Crippen LogP) is 1.29. The third-order valence-corrected chi connectivity index (χ3v) is 4.12. The molecule has 1 aromatic carbocycles. The minimum absolute atomic E-state index is 0.712. The van der Waals surface area contributed by atoms with Crippen molar-refractivity contribution in [2.45, 2.75) is 13.1 Å². The highest BCUT2D eigenvalue weighted by molar-refractivity contribution is 5.79. The quantitative estimate of drug-likeness (QED) is 0.472. The summed E-state index contributed by atoms with van der Waals surface area (Å²) in [5, 5.41) is 6.47. The van der Waals surface area contributed by atoms with Crippen LogP contribution in [0.5, 0.6) is 0 Å². The Kier molecular flexibility index (Phi) is 7.10. The van der Waals surface area contributed by atoms with Crippen molar-refractivity contribution in [1.82, 2.24) is 20.4 Å². The fourth-order valence-corrected chi connectivity index (χ4v) is 2.60. The predicted molar refractivity (Wildman–Crippen MR) is 97.6 cm³/mol. The zero-order valence-electron chi connectivity index (χ0n) is 14.4. The fraction of sp³-hybridized carbons (Fsp3) is 0.500. The SMILES string of the molecule is C=CCNC(=NC)NCc1ccc(CN2CCN(C)CC2)cc1. The molecule has 1 aliphatic heterocycles. The number of nitrogens with zero attached hydrogens (tertiary/aromatic N) is 3. The molecule has 2 N–H and O–H groups in total. The van der Waals surface area contributed by atoms with Crippen molar-refractivity contribution >= 4 is 5.96 Å². The van der Waals surface area contributed by atoms with Gasteiger partial charge in [-0.2, -0.15) is 0 Å². The monoisotopic (exact) mass is 315 g/mol. The van der Waals surface area contributed by atoms with Gasteiger partial charge >= 0.3 is 0 Å². The van der Waals surface area contributed by atoms with E-state index in [4.69, 9.17) is 0 Å². The zero-order valence-corrected chi connectivity index (χ0v) is 14.4. The Morgan fingerprint density at radius 2 is 1.78 bits per heavy atom. The van der Waals surface area contributed by atoms with E-state index in [9.17, 15) is 0 Å². The van der Waals surface area contributed by atoms with Crippen molar-refractivity contribution in [3.63, 3.8) is 0 Å². The van der Waals surface area contributed by atoms with Gasteiger partial charge in [-0.25, -0.2) is 0 Å². The third kappa shape index (κ3) is 6.04. The lowest BCUT2D eigenvalue weighted by Crippen LogP contribution is -2.43. The lowest BCUT2D eigenvalue weighted by molar-refractivity contribution is 0.148. The van der Waals surface area contributed by atoms with Gasteiger partial charge in [0.25, 0.3) is 0 Å². The van der Waals surface area contributed by atoms with Gasteiger partial charge in [0.2, 0.25) is 0 Å². The molecule has 0 aromatic heterocycles. The summed E-state index contributed by atoms with van der Waals surface area (Å²) in [5.74, 6) is 0.798. The Hall–Kier alpha value is -1.85. The maximum Gasteiger partial charge on any atom is 0.191 e. The fourth-order valence-electron chi connectivity index (χ4n) is 2.60. The van der Waals surface area contributed by atoms with Crippen molar-refractivity contribution in [3.8, 4) is 0 Å². The summed E-state index contributed by atoms with van der Waals surface area (Å²) in [7, 11) is 3.97. The molecule has 0 unspecified atom stereocenters. The van der Waals surface area contributed by atoms with Crippen molar-refractivity contribution in [3.05, 3.63) is 48.0 Å². The van der Waals surface area contributed by atoms with Crippen LogP contribution in [0, 0.1) is 0 Å². The molecular weight excluding hydrogens is 286 g/mol. The average Bonchev–Trinajstić information content (AvgIpc) is 2.58. The maximum absolute atomic E-state index is 4.18. The van der Waals surface area contributed by atoms with Gasteiger partial charge in [0.1, 0.15) is 0 Å². The van der Waals surface area contributed by atoms with E-state index in [1.54, 1.807) is 7.05 Å². The van der Waals surface area contributed by atoms with E-state index in [0.29, 0.717) is 6.54 Å². The van der Waals surface area contributed by atoms with Crippen LogP contribution < -0.4 is 10.6 Å². The average molecular weight is 315 g/mol. The largest absolute Gasteiger partial charge is 0.353 e. The molecule has 1 aliphatic rings. The van der Waals surface area contributed by atoms with E-state index in [-0.39, 0.29) is 0 Å². The second-order valence-electron chi connectivity index (χ2n) is 5.99. The molecule has 1 aromatic rings. The maximum atomic E-state index is 4.18. The Bertz CT molecular complexity index is 501. The number of guanidine groups is 1. The highest BCUT2D eigenvalue weighted by Crippen LogP contribution is 2.09. The summed E-state index contributed by atoms with van der Waals surface area (Å²) < 4.78 is 0. The number of aliphatic imine (C=N–C) groups is 1. The Balaban J connectivity index is 1.78. The van der Waals surface area contributed by atoms with Gasteiger partial charge < -0.3 is 15.5 Å². The lowest BCUT2D eigenvalue weighted by atomic mass is 10.1. The molecule has 0 spiro atoms. The number of hydrogen-bond acceptors (Lipinski definition) is 3. The molecule has 23 heavy (non-hydrogen) atoms. The number of benzene rings is 1. The van der Waals surface area contributed by atoms with Crippen LogP contribution in [-0.2, 0) is 13.1 Å². The molecule has 0 aliphatic carbocycles. The number of piperazine rings is 1.